The van der Waals surface area contributed by atoms with Crippen LogP contribution in [0.3, 0.4) is 0 Å². The summed E-state index contributed by atoms with van der Waals surface area (Å²) in [6, 6.07) is 9.14. The number of carbonyl (C=O) groups excluding carboxylic acids is 1. The Morgan fingerprint density at radius 2 is 1.85 bits per heavy atom. The quantitative estimate of drug-likeness (QED) is 0.564. The molecule has 0 aliphatic heterocycles. The third-order valence-electron chi connectivity index (χ3n) is 3.11. The van der Waals surface area contributed by atoms with Crippen LogP contribution in [0, 0.1) is 0 Å². The fourth-order valence-corrected chi connectivity index (χ4v) is 4.31. The van der Waals surface area contributed by atoms with Crippen LogP contribution in [0.2, 0.25) is 10.0 Å². The second-order valence-electron chi connectivity index (χ2n) is 4.85. The summed E-state index contributed by atoms with van der Waals surface area (Å²) in [6.45, 7) is 0.954. The maximum atomic E-state index is 11.9. The van der Waals surface area contributed by atoms with Crippen LogP contribution in [0.4, 0.5) is 0 Å². The summed E-state index contributed by atoms with van der Waals surface area (Å²) in [5, 5.41) is 11.3. The van der Waals surface area contributed by atoms with E-state index in [1.165, 1.54) is 30.0 Å². The van der Waals surface area contributed by atoms with E-state index in [-0.39, 0.29) is 45.2 Å². The molecule has 2 aromatic carbocycles. The number of halogens is 2. The van der Waals surface area contributed by atoms with Crippen LogP contribution in [-0.4, -0.2) is 26.7 Å². The molecule has 0 N–H and O–H groups in total. The van der Waals surface area contributed by atoms with Gasteiger partial charge >= 0.3 is 29.6 Å². The second-order valence-corrected chi connectivity index (χ2v) is 9.06. The Morgan fingerprint density at radius 3 is 2.42 bits per heavy atom. The molecular weight excluding hydrogens is 430 g/mol. The van der Waals surface area contributed by atoms with Gasteiger partial charge in [0.15, 0.2) is 9.84 Å². The molecule has 0 bridgehead atoms. The molecule has 0 saturated heterocycles. The topological polar surface area (TPSA) is 83.5 Å². The van der Waals surface area contributed by atoms with Crippen molar-refractivity contribution in [3.8, 4) is 5.75 Å². The standard InChI is InChI=1S/C16H14Cl2O5S2.Na/c1-2-25(21,22)11-4-6-14(12(18)8-11)24-15-7-10(17)3-5-13(15)23-9-16(19)20;/h3-8H,2,9H2,1H3,(H,19,20);/q;+1/p-1. The predicted octanol–water partition coefficient (Wildman–Crippen LogP) is 0.0709. The number of hydrogen-bond donors (Lipinski definition) is 0. The number of rotatable bonds is 7. The van der Waals surface area contributed by atoms with Crippen molar-refractivity contribution >= 4 is 50.8 Å². The van der Waals surface area contributed by atoms with Gasteiger partial charge < -0.3 is 14.6 Å². The maximum absolute atomic E-state index is 11.9. The van der Waals surface area contributed by atoms with Crippen molar-refractivity contribution in [2.75, 3.05) is 12.4 Å². The minimum absolute atomic E-state index is 0. The summed E-state index contributed by atoms with van der Waals surface area (Å²) >= 11 is 13.4. The Labute approximate surface area is 188 Å². The Hall–Kier alpha value is -0.410. The molecule has 0 spiro atoms. The first-order valence-electron chi connectivity index (χ1n) is 7.05. The zero-order chi connectivity index (χ0) is 18.6. The molecule has 0 radical (unpaired) electrons. The van der Waals surface area contributed by atoms with E-state index < -0.39 is 22.4 Å². The number of ether oxygens (including phenoxy) is 1. The number of hydrogen-bond acceptors (Lipinski definition) is 6. The number of carboxylic acids is 1. The third kappa shape index (κ3) is 6.34. The molecule has 0 amide bonds. The van der Waals surface area contributed by atoms with E-state index in [1.54, 1.807) is 25.1 Å². The van der Waals surface area contributed by atoms with Crippen molar-refractivity contribution < 1.29 is 52.6 Å². The monoisotopic (exact) mass is 442 g/mol. The van der Waals surface area contributed by atoms with Gasteiger partial charge in [0.1, 0.15) is 12.4 Å². The first-order chi connectivity index (χ1) is 11.7. The van der Waals surface area contributed by atoms with Crippen LogP contribution in [-0.2, 0) is 14.6 Å². The summed E-state index contributed by atoms with van der Waals surface area (Å²) in [5.41, 5.74) is 0. The van der Waals surface area contributed by atoms with Gasteiger partial charge in [-0.3, -0.25) is 0 Å². The van der Waals surface area contributed by atoms with Crippen molar-refractivity contribution in [2.24, 2.45) is 0 Å². The third-order valence-corrected chi connectivity index (χ3v) is 6.62. The molecule has 134 valence electrons. The van der Waals surface area contributed by atoms with Crippen LogP contribution in [0.1, 0.15) is 6.92 Å². The number of aliphatic carboxylic acids is 1. The fourth-order valence-electron chi connectivity index (χ4n) is 1.86. The normalized spacial score (nSPS) is 10.9. The van der Waals surface area contributed by atoms with Crippen molar-refractivity contribution in [1.82, 2.24) is 0 Å². The molecule has 2 aromatic rings. The zero-order valence-electron chi connectivity index (χ0n) is 14.0. The molecule has 26 heavy (non-hydrogen) atoms. The van der Waals surface area contributed by atoms with Gasteiger partial charge in [0.05, 0.1) is 26.5 Å². The van der Waals surface area contributed by atoms with E-state index >= 15 is 0 Å². The number of carbonyl (C=O) groups is 1. The summed E-state index contributed by atoms with van der Waals surface area (Å²) in [7, 11) is -3.36. The van der Waals surface area contributed by atoms with Crippen molar-refractivity contribution in [3.63, 3.8) is 0 Å². The number of carboxylic acid groups (broad SMARTS) is 1. The summed E-state index contributed by atoms with van der Waals surface area (Å²) < 4.78 is 29.0. The van der Waals surface area contributed by atoms with E-state index in [4.69, 9.17) is 27.9 Å². The number of benzene rings is 2. The Kier molecular flexibility index (Phi) is 9.29. The van der Waals surface area contributed by atoms with Gasteiger partial charge in [-0.2, -0.15) is 0 Å². The van der Waals surface area contributed by atoms with Gasteiger partial charge in [-0.1, -0.05) is 41.9 Å². The summed E-state index contributed by atoms with van der Waals surface area (Å²) in [4.78, 5) is 11.8. The van der Waals surface area contributed by atoms with Gasteiger partial charge in [0.2, 0.25) is 0 Å². The Bertz CT molecular complexity index is 904. The van der Waals surface area contributed by atoms with Gasteiger partial charge in [-0.15, -0.1) is 0 Å². The SMILES string of the molecule is CCS(=O)(=O)c1ccc(Sc2cc(Cl)ccc2OCC(=O)[O-])c(Cl)c1.[Na+]. The van der Waals surface area contributed by atoms with Crippen molar-refractivity contribution in [2.45, 2.75) is 21.6 Å². The van der Waals surface area contributed by atoms with Crippen LogP contribution in [0.5, 0.6) is 5.75 Å². The average molecular weight is 443 g/mol. The van der Waals surface area contributed by atoms with E-state index in [1.807, 2.05) is 0 Å². The number of sulfone groups is 1. The Balaban J connectivity index is 0.00000338. The summed E-state index contributed by atoms with van der Waals surface area (Å²) in [6.07, 6.45) is 0. The van der Waals surface area contributed by atoms with Crippen LogP contribution in [0.25, 0.3) is 0 Å². The van der Waals surface area contributed by atoms with Crippen molar-refractivity contribution in [3.05, 3.63) is 46.4 Å². The van der Waals surface area contributed by atoms with E-state index in [2.05, 4.69) is 0 Å². The second kappa shape index (κ2) is 10.2. The minimum atomic E-state index is -3.36. The Morgan fingerprint density at radius 1 is 1.15 bits per heavy atom. The molecule has 0 aliphatic rings. The maximum Gasteiger partial charge on any atom is 1.00 e. The smallest absolute Gasteiger partial charge is 0.546 e. The predicted molar refractivity (Wildman–Crippen MR) is 95.3 cm³/mol. The van der Waals surface area contributed by atoms with E-state index in [9.17, 15) is 18.3 Å². The van der Waals surface area contributed by atoms with Crippen LogP contribution >= 0.6 is 35.0 Å². The van der Waals surface area contributed by atoms with Crippen LogP contribution in [0.15, 0.2) is 51.1 Å². The van der Waals surface area contributed by atoms with E-state index in [0.29, 0.717) is 20.6 Å². The molecule has 2 rings (SSSR count). The molecule has 0 unspecified atom stereocenters. The van der Waals surface area contributed by atoms with Gasteiger partial charge in [-0.25, -0.2) is 8.42 Å². The largest absolute Gasteiger partial charge is 1.00 e. The molecule has 10 heteroatoms. The first-order valence-corrected chi connectivity index (χ1v) is 10.3. The molecule has 0 heterocycles. The molecule has 0 aromatic heterocycles. The average Bonchev–Trinajstić information content (AvgIpc) is 2.55. The minimum Gasteiger partial charge on any atom is -0.546 e. The zero-order valence-corrected chi connectivity index (χ0v) is 19.1. The molecular formula is C16H13Cl2NaO5S2. The molecule has 5 nitrogen and oxygen atoms in total. The first kappa shape index (κ1) is 23.6. The van der Waals surface area contributed by atoms with E-state index in [0.717, 1.165) is 0 Å². The summed E-state index contributed by atoms with van der Waals surface area (Å²) in [5.74, 6) is -1.07. The van der Waals surface area contributed by atoms with Gasteiger partial charge in [-0.05, 0) is 36.4 Å². The molecule has 0 atom stereocenters. The van der Waals surface area contributed by atoms with Crippen LogP contribution < -0.4 is 39.4 Å². The van der Waals surface area contributed by atoms with Gasteiger partial charge in [0, 0.05) is 9.92 Å². The van der Waals surface area contributed by atoms with Crippen molar-refractivity contribution in [1.29, 1.82) is 0 Å². The molecule has 0 fully saturated rings. The molecule has 0 aliphatic carbocycles. The van der Waals surface area contributed by atoms with Gasteiger partial charge in [0.25, 0.3) is 0 Å². The molecule has 0 saturated carbocycles. The fraction of sp³-hybridized carbons (Fsp3) is 0.188.